The normalized spacial score (nSPS) is 15.6. The number of anilines is 1. The largest absolute Gasteiger partial charge is 0.316 e. The van der Waals surface area contributed by atoms with Crippen LogP contribution in [0.25, 0.3) is 0 Å². The van der Waals surface area contributed by atoms with E-state index in [0.717, 1.165) is 18.0 Å². The van der Waals surface area contributed by atoms with Gasteiger partial charge in [-0.15, -0.1) is 0 Å². The van der Waals surface area contributed by atoms with Crippen LogP contribution in [-0.2, 0) is 4.79 Å². The van der Waals surface area contributed by atoms with Crippen molar-refractivity contribution in [2.24, 2.45) is 5.92 Å². The zero-order valence-corrected chi connectivity index (χ0v) is 12.1. The van der Waals surface area contributed by atoms with Gasteiger partial charge in [0.25, 0.3) is 0 Å². The monoisotopic (exact) mass is 270 g/mol. The Balaban J connectivity index is 1.85. The Kier molecular flexibility index (Phi) is 5.17. The molecule has 0 N–H and O–H groups in total. The maximum atomic E-state index is 12.2. The number of nitriles is 1. The second kappa shape index (κ2) is 7.09. The van der Waals surface area contributed by atoms with Gasteiger partial charge >= 0.3 is 0 Å². The minimum Gasteiger partial charge on any atom is -0.316 e. The summed E-state index contributed by atoms with van der Waals surface area (Å²) in [6, 6.07) is 9.25. The highest BCUT2D eigenvalue weighted by atomic mass is 16.2. The fourth-order valence-electron chi connectivity index (χ4n) is 2.87. The van der Waals surface area contributed by atoms with Crippen molar-refractivity contribution in [1.82, 2.24) is 0 Å². The fraction of sp³-hybridized carbons (Fsp3) is 0.529. The number of nitrogens with zero attached hydrogens (tertiary/aromatic N) is 2. The van der Waals surface area contributed by atoms with E-state index in [9.17, 15) is 4.79 Å². The topological polar surface area (TPSA) is 44.1 Å². The van der Waals surface area contributed by atoms with Gasteiger partial charge in [-0.05, 0) is 36.6 Å². The molecule has 20 heavy (non-hydrogen) atoms. The third-order valence-electron chi connectivity index (χ3n) is 4.25. The van der Waals surface area contributed by atoms with Gasteiger partial charge in [-0.1, -0.05) is 32.1 Å². The summed E-state index contributed by atoms with van der Waals surface area (Å²) in [5, 5.41) is 8.77. The quantitative estimate of drug-likeness (QED) is 0.833. The second-order valence-corrected chi connectivity index (χ2v) is 5.65. The maximum Gasteiger partial charge on any atom is 0.226 e. The Morgan fingerprint density at radius 2 is 1.90 bits per heavy atom. The average molecular weight is 270 g/mol. The molecule has 0 saturated heterocycles. The van der Waals surface area contributed by atoms with Crippen LogP contribution in [0.5, 0.6) is 0 Å². The maximum absolute atomic E-state index is 12.2. The van der Waals surface area contributed by atoms with Crippen LogP contribution in [0.4, 0.5) is 5.69 Å². The lowest BCUT2D eigenvalue weighted by molar-refractivity contribution is -0.118. The van der Waals surface area contributed by atoms with Crippen molar-refractivity contribution in [2.45, 2.75) is 44.9 Å². The van der Waals surface area contributed by atoms with Crippen LogP contribution in [0.1, 0.15) is 50.5 Å². The van der Waals surface area contributed by atoms with Gasteiger partial charge in [0, 0.05) is 19.2 Å². The van der Waals surface area contributed by atoms with Crippen molar-refractivity contribution in [1.29, 1.82) is 5.26 Å². The van der Waals surface area contributed by atoms with E-state index >= 15 is 0 Å². The van der Waals surface area contributed by atoms with Gasteiger partial charge in [0.1, 0.15) is 0 Å². The van der Waals surface area contributed by atoms with Crippen LogP contribution in [0.2, 0.25) is 0 Å². The number of hydrogen-bond acceptors (Lipinski definition) is 2. The Hall–Kier alpha value is -1.82. The van der Waals surface area contributed by atoms with E-state index in [2.05, 4.69) is 6.07 Å². The predicted octanol–water partition coefficient (Wildman–Crippen LogP) is 3.88. The molecule has 0 aliphatic heterocycles. The van der Waals surface area contributed by atoms with E-state index < -0.39 is 0 Å². The molecule has 0 spiro atoms. The summed E-state index contributed by atoms with van der Waals surface area (Å²) >= 11 is 0. The lowest BCUT2D eigenvalue weighted by Crippen LogP contribution is -2.26. The smallest absolute Gasteiger partial charge is 0.226 e. The third kappa shape index (κ3) is 3.84. The first-order valence-corrected chi connectivity index (χ1v) is 7.47. The Labute approximate surface area is 121 Å². The van der Waals surface area contributed by atoms with E-state index in [1.807, 2.05) is 19.2 Å². The number of amides is 1. The Morgan fingerprint density at radius 3 is 2.50 bits per heavy atom. The number of hydrogen-bond donors (Lipinski definition) is 0. The summed E-state index contributed by atoms with van der Waals surface area (Å²) in [7, 11) is 1.81. The highest BCUT2D eigenvalue weighted by Gasteiger charge is 2.17. The summed E-state index contributed by atoms with van der Waals surface area (Å²) < 4.78 is 0. The molecule has 0 aromatic heterocycles. The predicted molar refractivity (Wildman–Crippen MR) is 80.4 cm³/mol. The van der Waals surface area contributed by atoms with Gasteiger partial charge in [0.2, 0.25) is 5.91 Å². The van der Waals surface area contributed by atoms with Crippen LogP contribution >= 0.6 is 0 Å². The molecule has 0 heterocycles. The second-order valence-electron chi connectivity index (χ2n) is 5.65. The molecule has 1 fully saturated rings. The van der Waals surface area contributed by atoms with Crippen LogP contribution in [-0.4, -0.2) is 13.0 Å². The standard InChI is InChI=1S/C17H22N2O/c1-19(16-10-7-15(13-18)8-11-16)17(20)12-9-14-5-3-2-4-6-14/h7-8,10-11,14H,2-6,9,12H2,1H3. The van der Waals surface area contributed by atoms with Crippen molar-refractivity contribution in [3.8, 4) is 6.07 Å². The molecule has 106 valence electrons. The number of carbonyl (C=O) groups excluding carboxylic acids is 1. The number of benzene rings is 1. The van der Waals surface area contributed by atoms with E-state index in [0.29, 0.717) is 12.0 Å². The summed E-state index contributed by atoms with van der Waals surface area (Å²) in [6.45, 7) is 0. The molecule has 1 amide bonds. The highest BCUT2D eigenvalue weighted by Crippen LogP contribution is 2.27. The molecule has 1 aliphatic rings. The first-order chi connectivity index (χ1) is 9.70. The molecule has 0 bridgehead atoms. The van der Waals surface area contributed by atoms with E-state index in [-0.39, 0.29) is 5.91 Å². The van der Waals surface area contributed by atoms with Crippen LogP contribution < -0.4 is 4.90 Å². The van der Waals surface area contributed by atoms with Gasteiger partial charge in [-0.2, -0.15) is 5.26 Å². The molecule has 0 radical (unpaired) electrons. The molecule has 0 unspecified atom stereocenters. The molecular weight excluding hydrogens is 248 g/mol. The van der Waals surface area contributed by atoms with Crippen LogP contribution in [0.3, 0.4) is 0 Å². The molecule has 1 aromatic carbocycles. The number of carbonyl (C=O) groups is 1. The van der Waals surface area contributed by atoms with E-state index in [1.54, 1.807) is 17.0 Å². The van der Waals surface area contributed by atoms with Gasteiger partial charge < -0.3 is 4.90 Å². The van der Waals surface area contributed by atoms with Crippen molar-refractivity contribution < 1.29 is 4.79 Å². The SMILES string of the molecule is CN(C(=O)CCC1CCCCC1)c1ccc(C#N)cc1. The summed E-state index contributed by atoms with van der Waals surface area (Å²) in [5.74, 6) is 0.905. The van der Waals surface area contributed by atoms with Crippen molar-refractivity contribution in [3.63, 3.8) is 0 Å². The van der Waals surface area contributed by atoms with Crippen molar-refractivity contribution >= 4 is 11.6 Å². The van der Waals surface area contributed by atoms with Crippen LogP contribution in [0.15, 0.2) is 24.3 Å². The molecule has 3 nitrogen and oxygen atoms in total. The Bertz CT molecular complexity index is 481. The van der Waals surface area contributed by atoms with Gasteiger partial charge in [0.05, 0.1) is 11.6 Å². The minimum absolute atomic E-state index is 0.167. The minimum atomic E-state index is 0.167. The van der Waals surface area contributed by atoms with E-state index in [1.165, 1.54) is 32.1 Å². The molecule has 1 aliphatic carbocycles. The summed E-state index contributed by atoms with van der Waals surface area (Å²) in [4.78, 5) is 13.9. The molecule has 1 saturated carbocycles. The van der Waals surface area contributed by atoms with Gasteiger partial charge in [-0.3, -0.25) is 4.79 Å². The zero-order chi connectivity index (χ0) is 14.4. The summed E-state index contributed by atoms with van der Waals surface area (Å²) in [5.41, 5.74) is 1.48. The fourth-order valence-corrected chi connectivity index (χ4v) is 2.87. The Morgan fingerprint density at radius 1 is 1.25 bits per heavy atom. The van der Waals surface area contributed by atoms with Crippen molar-refractivity contribution in [3.05, 3.63) is 29.8 Å². The molecular formula is C17H22N2O. The lowest BCUT2D eigenvalue weighted by Gasteiger charge is -2.23. The van der Waals surface area contributed by atoms with Gasteiger partial charge in [0.15, 0.2) is 0 Å². The third-order valence-corrected chi connectivity index (χ3v) is 4.25. The summed E-state index contributed by atoms with van der Waals surface area (Å²) in [6.07, 6.45) is 8.21. The molecule has 3 heteroatoms. The first-order valence-electron chi connectivity index (χ1n) is 7.47. The average Bonchev–Trinajstić information content (AvgIpc) is 2.53. The zero-order valence-electron chi connectivity index (χ0n) is 12.1. The molecule has 0 atom stereocenters. The molecule has 2 rings (SSSR count). The van der Waals surface area contributed by atoms with Gasteiger partial charge in [-0.25, -0.2) is 0 Å². The lowest BCUT2D eigenvalue weighted by atomic mass is 9.86. The van der Waals surface area contributed by atoms with Crippen LogP contribution in [0, 0.1) is 17.2 Å². The highest BCUT2D eigenvalue weighted by molar-refractivity contribution is 5.92. The van der Waals surface area contributed by atoms with E-state index in [4.69, 9.17) is 5.26 Å². The number of rotatable bonds is 4. The first kappa shape index (κ1) is 14.6. The molecule has 1 aromatic rings. The van der Waals surface area contributed by atoms with Crippen molar-refractivity contribution in [2.75, 3.05) is 11.9 Å².